The fraction of sp³-hybridized carbons (Fsp3) is 0.400. The lowest BCUT2D eigenvalue weighted by Gasteiger charge is -2.14. The number of hydrogen-bond donors (Lipinski definition) is 1. The summed E-state index contributed by atoms with van der Waals surface area (Å²) >= 11 is 0. The maximum absolute atomic E-state index is 13.6. The van der Waals surface area contributed by atoms with Gasteiger partial charge in [0.2, 0.25) is 0 Å². The number of halogens is 1. The molecule has 108 valence electrons. The van der Waals surface area contributed by atoms with Crippen molar-refractivity contribution in [2.24, 2.45) is 0 Å². The molecule has 0 aliphatic rings. The first kappa shape index (κ1) is 14.5. The smallest absolute Gasteiger partial charge is 0.165 e. The number of aryl methyl sites for hydroxylation is 1. The largest absolute Gasteiger partial charge is 0.494 e. The molecule has 0 aliphatic heterocycles. The van der Waals surface area contributed by atoms with Crippen LogP contribution in [0.5, 0.6) is 5.75 Å². The van der Waals surface area contributed by atoms with Crippen molar-refractivity contribution in [1.82, 2.24) is 9.55 Å². The van der Waals surface area contributed by atoms with Gasteiger partial charge < -0.3 is 14.4 Å². The van der Waals surface area contributed by atoms with Gasteiger partial charge in [0.25, 0.3) is 0 Å². The van der Waals surface area contributed by atoms with E-state index < -0.39 is 11.9 Å². The second kappa shape index (κ2) is 6.52. The highest BCUT2D eigenvalue weighted by Crippen LogP contribution is 2.23. The Morgan fingerprint density at radius 3 is 2.90 bits per heavy atom. The maximum atomic E-state index is 13.6. The number of benzene rings is 1. The molecule has 20 heavy (non-hydrogen) atoms. The zero-order valence-electron chi connectivity index (χ0n) is 11.7. The molecule has 0 saturated carbocycles. The summed E-state index contributed by atoms with van der Waals surface area (Å²) in [5.74, 6) is 0.638. The van der Waals surface area contributed by atoms with Crippen LogP contribution < -0.4 is 4.74 Å². The van der Waals surface area contributed by atoms with Gasteiger partial charge in [-0.15, -0.1) is 0 Å². The number of imidazole rings is 1. The molecule has 0 spiro atoms. The summed E-state index contributed by atoms with van der Waals surface area (Å²) in [7, 11) is 1.41. The molecule has 2 rings (SSSR count). The van der Waals surface area contributed by atoms with Gasteiger partial charge in [-0.25, -0.2) is 9.37 Å². The average Bonchev–Trinajstić information content (AvgIpc) is 2.86. The highest BCUT2D eigenvalue weighted by molar-refractivity contribution is 5.30. The van der Waals surface area contributed by atoms with Crippen LogP contribution in [0.4, 0.5) is 4.39 Å². The van der Waals surface area contributed by atoms with E-state index in [0.29, 0.717) is 12.1 Å². The van der Waals surface area contributed by atoms with Crippen LogP contribution in [0.15, 0.2) is 30.6 Å². The molecule has 4 nitrogen and oxygen atoms in total. The van der Waals surface area contributed by atoms with Crippen LogP contribution in [-0.2, 0) is 13.0 Å². The summed E-state index contributed by atoms with van der Waals surface area (Å²) in [5, 5.41) is 10.2. The van der Waals surface area contributed by atoms with Crippen LogP contribution in [0, 0.1) is 5.82 Å². The van der Waals surface area contributed by atoms with E-state index >= 15 is 0 Å². The highest BCUT2D eigenvalue weighted by Gasteiger charge is 2.13. The SMILES string of the molecule is CCCc1nccn1CC(O)c1ccc(OC)c(F)c1. The van der Waals surface area contributed by atoms with Crippen LogP contribution in [-0.4, -0.2) is 21.8 Å². The molecular weight excluding hydrogens is 259 g/mol. The van der Waals surface area contributed by atoms with E-state index in [2.05, 4.69) is 11.9 Å². The Balaban J connectivity index is 2.13. The van der Waals surface area contributed by atoms with Gasteiger partial charge in [-0.1, -0.05) is 13.0 Å². The second-order valence-corrected chi connectivity index (χ2v) is 4.66. The van der Waals surface area contributed by atoms with Crippen molar-refractivity contribution in [2.75, 3.05) is 7.11 Å². The summed E-state index contributed by atoms with van der Waals surface area (Å²) < 4.78 is 20.4. The molecule has 1 aromatic heterocycles. The van der Waals surface area contributed by atoms with Crippen molar-refractivity contribution in [1.29, 1.82) is 0 Å². The minimum atomic E-state index is -0.778. The number of rotatable bonds is 6. The fourth-order valence-corrected chi connectivity index (χ4v) is 2.14. The van der Waals surface area contributed by atoms with Gasteiger partial charge in [0.15, 0.2) is 11.6 Å². The van der Waals surface area contributed by atoms with Crippen molar-refractivity contribution >= 4 is 0 Å². The van der Waals surface area contributed by atoms with Crippen LogP contribution >= 0.6 is 0 Å². The summed E-state index contributed by atoms with van der Waals surface area (Å²) in [5.41, 5.74) is 0.527. The number of aliphatic hydroxyl groups excluding tert-OH is 1. The molecular formula is C15H19FN2O2. The van der Waals surface area contributed by atoms with E-state index in [1.807, 2.05) is 10.8 Å². The zero-order valence-corrected chi connectivity index (χ0v) is 11.7. The third-order valence-electron chi connectivity index (χ3n) is 3.21. The van der Waals surface area contributed by atoms with Gasteiger partial charge >= 0.3 is 0 Å². The molecule has 0 bridgehead atoms. The molecule has 0 fully saturated rings. The lowest BCUT2D eigenvalue weighted by Crippen LogP contribution is -2.11. The second-order valence-electron chi connectivity index (χ2n) is 4.66. The molecule has 1 N–H and O–H groups in total. The predicted molar refractivity (Wildman–Crippen MR) is 74.1 cm³/mol. The number of ether oxygens (including phenoxy) is 1. The van der Waals surface area contributed by atoms with E-state index in [-0.39, 0.29) is 5.75 Å². The quantitative estimate of drug-likeness (QED) is 0.883. The Labute approximate surface area is 117 Å². The third kappa shape index (κ3) is 3.17. The monoisotopic (exact) mass is 278 g/mol. The molecule has 1 unspecified atom stereocenters. The number of nitrogens with zero attached hydrogens (tertiary/aromatic N) is 2. The van der Waals surface area contributed by atoms with Crippen molar-refractivity contribution < 1.29 is 14.2 Å². The Morgan fingerprint density at radius 2 is 2.25 bits per heavy atom. The van der Waals surface area contributed by atoms with Crippen LogP contribution in [0.1, 0.15) is 30.8 Å². The minimum absolute atomic E-state index is 0.176. The van der Waals surface area contributed by atoms with E-state index in [4.69, 9.17) is 4.74 Å². The lowest BCUT2D eigenvalue weighted by molar-refractivity contribution is 0.154. The number of aromatic nitrogens is 2. The molecule has 1 heterocycles. The summed E-state index contributed by atoms with van der Waals surface area (Å²) in [6.45, 7) is 2.44. The van der Waals surface area contributed by atoms with E-state index in [1.54, 1.807) is 12.3 Å². The van der Waals surface area contributed by atoms with Gasteiger partial charge in [-0.2, -0.15) is 0 Å². The lowest BCUT2D eigenvalue weighted by atomic mass is 10.1. The predicted octanol–water partition coefficient (Wildman–Crippen LogP) is 2.72. The Kier molecular flexibility index (Phi) is 4.74. The molecule has 2 aromatic rings. The first-order valence-electron chi connectivity index (χ1n) is 6.67. The molecule has 1 atom stereocenters. The Morgan fingerprint density at radius 1 is 1.45 bits per heavy atom. The molecule has 0 aliphatic carbocycles. The van der Waals surface area contributed by atoms with Gasteiger partial charge in [0.1, 0.15) is 5.82 Å². The topological polar surface area (TPSA) is 47.3 Å². The standard InChI is InChI=1S/C15H19FN2O2/c1-3-4-15-17-7-8-18(15)10-13(19)11-5-6-14(20-2)12(16)9-11/h5-9,13,19H,3-4,10H2,1-2H3. The van der Waals surface area contributed by atoms with Crippen molar-refractivity contribution in [3.8, 4) is 5.75 Å². The van der Waals surface area contributed by atoms with Crippen LogP contribution in [0.2, 0.25) is 0 Å². The normalized spacial score (nSPS) is 12.4. The number of methoxy groups -OCH3 is 1. The molecule has 1 aromatic carbocycles. The first-order chi connectivity index (χ1) is 9.65. The number of hydrogen-bond acceptors (Lipinski definition) is 3. The molecule has 5 heteroatoms. The Hall–Kier alpha value is -1.88. The zero-order chi connectivity index (χ0) is 14.5. The van der Waals surface area contributed by atoms with Crippen molar-refractivity contribution in [3.05, 3.63) is 47.8 Å². The maximum Gasteiger partial charge on any atom is 0.165 e. The average molecular weight is 278 g/mol. The van der Waals surface area contributed by atoms with Gasteiger partial charge in [-0.05, 0) is 24.1 Å². The van der Waals surface area contributed by atoms with E-state index in [1.165, 1.54) is 19.2 Å². The first-order valence-corrected chi connectivity index (χ1v) is 6.67. The van der Waals surface area contributed by atoms with Crippen LogP contribution in [0.25, 0.3) is 0 Å². The third-order valence-corrected chi connectivity index (χ3v) is 3.21. The van der Waals surface area contributed by atoms with Crippen LogP contribution in [0.3, 0.4) is 0 Å². The Bertz CT molecular complexity index is 569. The molecule has 0 saturated heterocycles. The van der Waals surface area contributed by atoms with E-state index in [9.17, 15) is 9.50 Å². The minimum Gasteiger partial charge on any atom is -0.494 e. The highest BCUT2D eigenvalue weighted by atomic mass is 19.1. The molecule has 0 amide bonds. The molecule has 0 radical (unpaired) electrons. The summed E-state index contributed by atoms with van der Waals surface area (Å²) in [6.07, 6.45) is 4.61. The van der Waals surface area contributed by atoms with Gasteiger partial charge in [0.05, 0.1) is 19.8 Å². The van der Waals surface area contributed by atoms with Crippen molar-refractivity contribution in [2.45, 2.75) is 32.4 Å². The summed E-state index contributed by atoms with van der Waals surface area (Å²) in [4.78, 5) is 4.26. The summed E-state index contributed by atoms with van der Waals surface area (Å²) in [6, 6.07) is 4.50. The van der Waals surface area contributed by atoms with E-state index in [0.717, 1.165) is 18.7 Å². The number of aliphatic hydroxyl groups is 1. The van der Waals surface area contributed by atoms with Gasteiger partial charge in [-0.3, -0.25) is 0 Å². The van der Waals surface area contributed by atoms with Gasteiger partial charge in [0, 0.05) is 18.8 Å². The van der Waals surface area contributed by atoms with Crippen molar-refractivity contribution in [3.63, 3.8) is 0 Å². The fourth-order valence-electron chi connectivity index (χ4n) is 2.14.